The Morgan fingerprint density at radius 2 is 2.00 bits per heavy atom. The van der Waals surface area contributed by atoms with Crippen molar-refractivity contribution in [3.8, 4) is 11.5 Å². The van der Waals surface area contributed by atoms with Crippen molar-refractivity contribution in [2.75, 3.05) is 33.8 Å². The Bertz CT molecular complexity index is 526. The summed E-state index contributed by atoms with van der Waals surface area (Å²) < 4.78 is 11.9. The second-order valence-electron chi connectivity index (χ2n) is 7.20. The van der Waals surface area contributed by atoms with Crippen LogP contribution in [0.3, 0.4) is 0 Å². The lowest BCUT2D eigenvalue weighted by Crippen LogP contribution is -2.38. The van der Waals surface area contributed by atoms with Crippen LogP contribution in [0.4, 0.5) is 0 Å². The summed E-state index contributed by atoms with van der Waals surface area (Å²) in [6.45, 7) is 2.86. The highest BCUT2D eigenvalue weighted by atomic mass is 16.5. The number of hydrogen-bond acceptors (Lipinski definition) is 4. The normalized spacial score (nSPS) is 24.6. The molecule has 2 fully saturated rings. The number of likely N-dealkylation sites (N-methyl/N-ethyl adjacent to an activating group) is 1. The zero-order valence-corrected chi connectivity index (χ0v) is 14.5. The van der Waals surface area contributed by atoms with E-state index in [1.54, 1.807) is 7.11 Å². The Kier molecular flexibility index (Phi) is 5.12. The van der Waals surface area contributed by atoms with Gasteiger partial charge in [-0.05, 0) is 57.0 Å². The maximum absolute atomic E-state index is 6.23. The molecule has 128 valence electrons. The van der Waals surface area contributed by atoms with Crippen LogP contribution in [-0.4, -0.2) is 44.8 Å². The van der Waals surface area contributed by atoms with Crippen LogP contribution in [-0.2, 0) is 5.41 Å². The maximum Gasteiger partial charge on any atom is 0.161 e. The number of benzene rings is 1. The van der Waals surface area contributed by atoms with E-state index in [1.165, 1.54) is 37.7 Å². The van der Waals surface area contributed by atoms with Crippen LogP contribution in [0, 0.1) is 0 Å². The minimum Gasteiger partial charge on any atom is -0.493 e. The predicted octanol–water partition coefficient (Wildman–Crippen LogP) is 2.94. The van der Waals surface area contributed by atoms with E-state index < -0.39 is 0 Å². The number of hydrogen-bond donors (Lipinski definition) is 1. The van der Waals surface area contributed by atoms with E-state index in [0.29, 0.717) is 6.54 Å². The van der Waals surface area contributed by atoms with E-state index in [1.807, 2.05) is 0 Å². The number of piperidine rings is 1. The molecule has 3 rings (SSSR count). The Hall–Kier alpha value is -1.26. The molecule has 1 saturated carbocycles. The van der Waals surface area contributed by atoms with Gasteiger partial charge in [0.25, 0.3) is 0 Å². The van der Waals surface area contributed by atoms with Gasteiger partial charge in [-0.3, -0.25) is 0 Å². The summed E-state index contributed by atoms with van der Waals surface area (Å²) in [6, 6.07) is 6.43. The Morgan fingerprint density at radius 3 is 2.65 bits per heavy atom. The van der Waals surface area contributed by atoms with Gasteiger partial charge in [-0.25, -0.2) is 0 Å². The van der Waals surface area contributed by atoms with Crippen molar-refractivity contribution in [1.82, 2.24) is 4.90 Å². The van der Waals surface area contributed by atoms with Crippen LogP contribution in [0.1, 0.15) is 44.1 Å². The quantitative estimate of drug-likeness (QED) is 0.907. The topological polar surface area (TPSA) is 47.7 Å². The highest BCUT2D eigenvalue weighted by molar-refractivity contribution is 5.46. The summed E-state index contributed by atoms with van der Waals surface area (Å²) >= 11 is 0. The molecule has 0 spiro atoms. The molecular formula is C19H30N2O2. The third-order valence-corrected chi connectivity index (χ3v) is 5.60. The third kappa shape index (κ3) is 3.48. The Labute approximate surface area is 139 Å². The van der Waals surface area contributed by atoms with Gasteiger partial charge in [0.15, 0.2) is 11.5 Å². The summed E-state index contributed by atoms with van der Waals surface area (Å²) in [5, 5.41) is 0. The molecule has 1 atom stereocenters. The van der Waals surface area contributed by atoms with Gasteiger partial charge in [0.05, 0.1) is 7.11 Å². The van der Waals surface area contributed by atoms with Crippen LogP contribution >= 0.6 is 0 Å². The maximum atomic E-state index is 6.23. The fraction of sp³-hybridized carbons (Fsp3) is 0.684. The lowest BCUT2D eigenvalue weighted by molar-refractivity contribution is 0.101. The summed E-state index contributed by atoms with van der Waals surface area (Å²) in [5.41, 5.74) is 7.56. The fourth-order valence-electron chi connectivity index (χ4n) is 4.15. The van der Waals surface area contributed by atoms with Crippen molar-refractivity contribution in [1.29, 1.82) is 0 Å². The first-order valence-corrected chi connectivity index (χ1v) is 8.91. The summed E-state index contributed by atoms with van der Waals surface area (Å²) in [7, 11) is 3.88. The van der Waals surface area contributed by atoms with E-state index >= 15 is 0 Å². The van der Waals surface area contributed by atoms with Gasteiger partial charge in [0, 0.05) is 18.5 Å². The van der Waals surface area contributed by atoms with E-state index in [-0.39, 0.29) is 11.5 Å². The second kappa shape index (κ2) is 7.10. The molecule has 1 heterocycles. The van der Waals surface area contributed by atoms with E-state index in [9.17, 15) is 0 Å². The molecule has 2 aliphatic rings. The molecule has 1 aliphatic carbocycles. The molecule has 23 heavy (non-hydrogen) atoms. The van der Waals surface area contributed by atoms with Gasteiger partial charge >= 0.3 is 0 Å². The summed E-state index contributed by atoms with van der Waals surface area (Å²) in [4.78, 5) is 2.33. The van der Waals surface area contributed by atoms with Gasteiger partial charge in [-0.15, -0.1) is 0 Å². The average Bonchev–Trinajstić information content (AvgIpc) is 3.05. The SMILES string of the molecule is COc1cc(C2(CN)CCCC2)ccc1OC1CCCN(C)C1. The molecular weight excluding hydrogens is 288 g/mol. The molecule has 1 aliphatic heterocycles. The predicted molar refractivity (Wildman–Crippen MR) is 93.3 cm³/mol. The lowest BCUT2D eigenvalue weighted by Gasteiger charge is -2.31. The largest absolute Gasteiger partial charge is 0.493 e. The second-order valence-corrected chi connectivity index (χ2v) is 7.20. The number of nitrogens with two attached hydrogens (primary N) is 1. The first-order chi connectivity index (χ1) is 11.2. The standard InChI is InChI=1S/C19H30N2O2/c1-21-11-5-6-16(13-21)23-17-8-7-15(12-18(17)22-2)19(14-20)9-3-4-10-19/h7-8,12,16H,3-6,9-11,13-14,20H2,1-2H3. The van der Waals surface area contributed by atoms with Crippen LogP contribution in [0.2, 0.25) is 0 Å². The molecule has 0 amide bonds. The third-order valence-electron chi connectivity index (χ3n) is 5.60. The van der Waals surface area contributed by atoms with Crippen molar-refractivity contribution in [2.24, 2.45) is 5.73 Å². The number of rotatable bonds is 5. The molecule has 4 heteroatoms. The molecule has 2 N–H and O–H groups in total. The minimum atomic E-state index is 0.136. The van der Waals surface area contributed by atoms with Crippen molar-refractivity contribution >= 4 is 0 Å². The Balaban J connectivity index is 1.79. The molecule has 1 aromatic rings. The summed E-state index contributed by atoms with van der Waals surface area (Å²) in [5.74, 6) is 1.71. The van der Waals surface area contributed by atoms with Crippen LogP contribution in [0.15, 0.2) is 18.2 Å². The highest BCUT2D eigenvalue weighted by Crippen LogP contribution is 2.43. The zero-order valence-electron chi connectivity index (χ0n) is 14.5. The number of likely N-dealkylation sites (tertiary alicyclic amines) is 1. The number of nitrogens with zero attached hydrogens (tertiary/aromatic N) is 1. The van der Waals surface area contributed by atoms with Crippen molar-refractivity contribution in [3.63, 3.8) is 0 Å². The summed E-state index contributed by atoms with van der Waals surface area (Å²) in [6.07, 6.45) is 7.46. The first kappa shape index (κ1) is 16.6. The van der Waals surface area contributed by atoms with Crippen LogP contribution < -0.4 is 15.2 Å². The smallest absolute Gasteiger partial charge is 0.161 e. The molecule has 1 aromatic carbocycles. The van der Waals surface area contributed by atoms with Gasteiger partial charge in [-0.1, -0.05) is 18.9 Å². The number of ether oxygens (including phenoxy) is 2. The molecule has 0 aromatic heterocycles. The molecule has 0 radical (unpaired) electrons. The van der Waals surface area contributed by atoms with Gasteiger partial charge in [0.1, 0.15) is 6.10 Å². The van der Waals surface area contributed by atoms with Crippen molar-refractivity contribution in [3.05, 3.63) is 23.8 Å². The fourth-order valence-corrected chi connectivity index (χ4v) is 4.15. The minimum absolute atomic E-state index is 0.136. The van der Waals surface area contributed by atoms with Crippen LogP contribution in [0.25, 0.3) is 0 Å². The zero-order chi connectivity index (χ0) is 16.3. The molecule has 1 saturated heterocycles. The van der Waals surface area contributed by atoms with Crippen molar-refractivity contribution in [2.45, 2.75) is 50.0 Å². The molecule has 4 nitrogen and oxygen atoms in total. The van der Waals surface area contributed by atoms with E-state index in [0.717, 1.165) is 31.0 Å². The van der Waals surface area contributed by atoms with E-state index in [4.69, 9.17) is 15.2 Å². The average molecular weight is 318 g/mol. The van der Waals surface area contributed by atoms with E-state index in [2.05, 4.69) is 30.1 Å². The molecule has 1 unspecified atom stereocenters. The highest BCUT2D eigenvalue weighted by Gasteiger charge is 2.35. The molecule has 0 bridgehead atoms. The lowest BCUT2D eigenvalue weighted by atomic mass is 9.79. The van der Waals surface area contributed by atoms with Gasteiger partial charge < -0.3 is 20.1 Å². The van der Waals surface area contributed by atoms with Gasteiger partial charge in [0.2, 0.25) is 0 Å². The van der Waals surface area contributed by atoms with Crippen molar-refractivity contribution < 1.29 is 9.47 Å². The van der Waals surface area contributed by atoms with Crippen LogP contribution in [0.5, 0.6) is 11.5 Å². The Morgan fingerprint density at radius 1 is 1.22 bits per heavy atom. The van der Waals surface area contributed by atoms with Gasteiger partial charge in [-0.2, -0.15) is 0 Å². The first-order valence-electron chi connectivity index (χ1n) is 8.91. The number of methoxy groups -OCH3 is 1. The monoisotopic (exact) mass is 318 g/mol.